The van der Waals surface area contributed by atoms with Crippen molar-refractivity contribution in [3.05, 3.63) is 71.8 Å². The summed E-state index contributed by atoms with van der Waals surface area (Å²) in [5.74, 6) is -0.828. The standard InChI is InChI=1S/C49H80O9Si2/c1-14-60(15-2,16-3)58-44-42(35-54-46(52)47(6,7)8)56-45(40-27-21-18-22-28-40)57-43(44)41(32-51)49(29-23-24-30-50,36-55-59(12,13)48(9,10)11)31-37(4)38(5)33-53-34-39-25-19-17-20-26-39/h17-22,25-28,30,32,37-38,41-45H,14-16,23-24,29,31,33-36H2,1-13H3/t37-,38-,41+,42+,43-,44+,45+,49-/m0/s1. The molecule has 9 nitrogen and oxygen atoms in total. The molecule has 1 heterocycles. The van der Waals surface area contributed by atoms with E-state index < -0.39 is 58.0 Å². The molecule has 0 aromatic heterocycles. The van der Waals surface area contributed by atoms with Crippen LogP contribution < -0.4 is 0 Å². The van der Waals surface area contributed by atoms with Crippen molar-refractivity contribution in [2.24, 2.45) is 28.6 Å². The van der Waals surface area contributed by atoms with E-state index in [1.54, 1.807) is 0 Å². The number of rotatable bonds is 25. The highest BCUT2D eigenvalue weighted by Gasteiger charge is 2.55. The molecule has 0 N–H and O–H groups in total. The third-order valence-corrected chi connectivity index (χ3v) is 22.7. The molecule has 0 saturated carbocycles. The molecule has 1 aliphatic heterocycles. The molecule has 0 spiro atoms. The highest BCUT2D eigenvalue weighted by atomic mass is 28.4. The Balaban J connectivity index is 2.26. The van der Waals surface area contributed by atoms with Crippen molar-refractivity contribution in [1.82, 2.24) is 0 Å². The minimum atomic E-state index is -2.40. The van der Waals surface area contributed by atoms with Gasteiger partial charge < -0.3 is 37.4 Å². The first-order chi connectivity index (χ1) is 28.2. The maximum absolute atomic E-state index is 14.4. The van der Waals surface area contributed by atoms with E-state index in [-0.39, 0.29) is 29.5 Å². The van der Waals surface area contributed by atoms with Crippen LogP contribution in [0.3, 0.4) is 0 Å². The van der Waals surface area contributed by atoms with Crippen LogP contribution in [0.5, 0.6) is 0 Å². The minimum Gasteiger partial charge on any atom is -0.462 e. The molecule has 2 aromatic rings. The van der Waals surface area contributed by atoms with Gasteiger partial charge in [0, 0.05) is 30.6 Å². The van der Waals surface area contributed by atoms with E-state index in [4.69, 9.17) is 27.8 Å². The third kappa shape index (κ3) is 14.3. The number of esters is 1. The number of carbonyl (C=O) groups excluding carboxylic acids is 3. The molecule has 60 heavy (non-hydrogen) atoms. The van der Waals surface area contributed by atoms with Crippen molar-refractivity contribution in [3.8, 4) is 0 Å². The molecule has 1 fully saturated rings. The van der Waals surface area contributed by atoms with Gasteiger partial charge in [-0.1, -0.05) is 116 Å². The fourth-order valence-corrected chi connectivity index (χ4v) is 11.9. The fraction of sp³-hybridized carbons (Fsp3) is 0.694. The van der Waals surface area contributed by atoms with Crippen LogP contribution in [-0.4, -0.2) is 73.3 Å². The molecule has 0 radical (unpaired) electrons. The van der Waals surface area contributed by atoms with Gasteiger partial charge in [-0.25, -0.2) is 0 Å². The Labute approximate surface area is 365 Å². The quantitative estimate of drug-likeness (QED) is 0.0417. The molecule has 2 aromatic carbocycles. The summed E-state index contributed by atoms with van der Waals surface area (Å²) in [6.45, 7) is 29.0. The van der Waals surface area contributed by atoms with Crippen LogP contribution in [0.4, 0.5) is 0 Å². The summed E-state index contributed by atoms with van der Waals surface area (Å²) < 4.78 is 41.0. The van der Waals surface area contributed by atoms with E-state index in [0.717, 1.165) is 41.8 Å². The maximum Gasteiger partial charge on any atom is 0.311 e. The zero-order valence-corrected chi connectivity index (χ0v) is 41.4. The second-order valence-corrected chi connectivity index (χ2v) is 29.5. The summed E-state index contributed by atoms with van der Waals surface area (Å²) in [5, 5.41) is -0.0851. The molecular weight excluding hydrogens is 789 g/mol. The van der Waals surface area contributed by atoms with E-state index in [1.807, 2.05) is 69.3 Å². The predicted octanol–water partition coefficient (Wildman–Crippen LogP) is 11.5. The van der Waals surface area contributed by atoms with Gasteiger partial charge in [0.25, 0.3) is 0 Å². The van der Waals surface area contributed by atoms with E-state index in [1.165, 1.54) is 0 Å². The van der Waals surface area contributed by atoms with Gasteiger partial charge in [0.05, 0.1) is 24.0 Å². The third-order valence-electron chi connectivity index (χ3n) is 13.6. The Bertz CT molecular complexity index is 1560. The van der Waals surface area contributed by atoms with Crippen LogP contribution in [0.2, 0.25) is 36.3 Å². The molecule has 11 heteroatoms. The smallest absolute Gasteiger partial charge is 0.311 e. The topological polar surface area (TPSA) is 107 Å². The highest BCUT2D eigenvalue weighted by Crippen LogP contribution is 2.49. The normalized spacial score (nSPS) is 21.7. The molecule has 1 saturated heterocycles. The first kappa shape index (κ1) is 51.8. The van der Waals surface area contributed by atoms with Crippen LogP contribution >= 0.6 is 0 Å². The summed E-state index contributed by atoms with van der Waals surface area (Å²) in [5.41, 5.74) is 0.421. The summed E-state index contributed by atoms with van der Waals surface area (Å²) >= 11 is 0. The van der Waals surface area contributed by atoms with Crippen molar-refractivity contribution in [2.75, 3.05) is 19.8 Å². The monoisotopic (exact) mass is 869 g/mol. The Hall–Kier alpha value is -2.52. The zero-order valence-electron chi connectivity index (χ0n) is 39.4. The number of hydrogen-bond donors (Lipinski definition) is 0. The zero-order chi connectivity index (χ0) is 44.8. The van der Waals surface area contributed by atoms with Crippen LogP contribution in [-0.2, 0) is 48.8 Å². The number of ether oxygens (including phenoxy) is 4. The van der Waals surface area contributed by atoms with Crippen molar-refractivity contribution in [3.63, 3.8) is 0 Å². The molecule has 1 aliphatic rings. The first-order valence-corrected chi connectivity index (χ1v) is 28.0. The second-order valence-electron chi connectivity index (χ2n) is 20.0. The molecule has 0 aliphatic carbocycles. The number of aldehydes is 2. The van der Waals surface area contributed by atoms with Crippen LogP contribution in [0.1, 0.15) is 119 Å². The average Bonchev–Trinajstić information content (AvgIpc) is 3.21. The Kier molecular flexibility index (Phi) is 20.1. The molecule has 3 rings (SSSR count). The highest BCUT2D eigenvalue weighted by molar-refractivity contribution is 6.74. The number of benzene rings is 2. The van der Waals surface area contributed by atoms with Gasteiger partial charge in [0.1, 0.15) is 31.4 Å². The van der Waals surface area contributed by atoms with Gasteiger partial charge in [-0.2, -0.15) is 0 Å². The Morgan fingerprint density at radius 1 is 0.850 bits per heavy atom. The lowest BCUT2D eigenvalue weighted by molar-refractivity contribution is -0.306. The van der Waals surface area contributed by atoms with Gasteiger partial charge in [-0.05, 0) is 93.7 Å². The lowest BCUT2D eigenvalue weighted by atomic mass is 9.63. The van der Waals surface area contributed by atoms with E-state index in [0.29, 0.717) is 45.5 Å². The summed E-state index contributed by atoms with van der Waals surface area (Å²) in [7, 11) is -4.76. The van der Waals surface area contributed by atoms with E-state index >= 15 is 0 Å². The predicted molar refractivity (Wildman–Crippen MR) is 246 cm³/mol. The molecule has 8 atom stereocenters. The molecule has 0 amide bonds. The van der Waals surface area contributed by atoms with E-state index in [9.17, 15) is 14.4 Å². The van der Waals surface area contributed by atoms with Crippen molar-refractivity contribution in [2.45, 2.75) is 169 Å². The lowest BCUT2D eigenvalue weighted by Crippen LogP contribution is -2.61. The molecule has 0 bridgehead atoms. The van der Waals surface area contributed by atoms with Crippen LogP contribution in [0.25, 0.3) is 0 Å². The van der Waals surface area contributed by atoms with Gasteiger partial charge in [-0.15, -0.1) is 0 Å². The Morgan fingerprint density at radius 2 is 1.45 bits per heavy atom. The van der Waals surface area contributed by atoms with Crippen molar-refractivity contribution in [1.29, 1.82) is 0 Å². The lowest BCUT2D eigenvalue weighted by Gasteiger charge is -2.52. The van der Waals surface area contributed by atoms with Crippen molar-refractivity contribution >= 4 is 35.2 Å². The van der Waals surface area contributed by atoms with E-state index in [2.05, 4.69) is 80.6 Å². The SMILES string of the molecule is CC[Si](CC)(CC)O[C@H]1[C@H]([C@@H](C=O)[C@](CCCC=O)(CO[Si](C)(C)C(C)(C)C)C[C@H](C)[C@@H](C)COCc2ccccc2)O[C@H](c2ccccc2)O[C@@H]1COC(=O)C(C)(C)C. The summed E-state index contributed by atoms with van der Waals surface area (Å²) in [6.07, 6.45) is 1.09. The summed E-state index contributed by atoms with van der Waals surface area (Å²) in [4.78, 5) is 39.7. The Morgan fingerprint density at radius 3 is 1.98 bits per heavy atom. The fourth-order valence-electron chi connectivity index (χ4n) is 7.92. The minimum absolute atomic E-state index is 0.0536. The van der Waals surface area contributed by atoms with Crippen LogP contribution in [0, 0.1) is 28.6 Å². The first-order valence-electron chi connectivity index (χ1n) is 22.6. The van der Waals surface area contributed by atoms with Crippen LogP contribution in [0.15, 0.2) is 60.7 Å². The maximum atomic E-state index is 14.4. The summed E-state index contributed by atoms with van der Waals surface area (Å²) in [6, 6.07) is 22.5. The van der Waals surface area contributed by atoms with Crippen molar-refractivity contribution < 1.29 is 42.2 Å². The average molecular weight is 869 g/mol. The molecule has 338 valence electrons. The van der Waals surface area contributed by atoms with Gasteiger partial charge in [0.15, 0.2) is 22.9 Å². The second kappa shape index (κ2) is 23.2. The number of hydrogen-bond acceptors (Lipinski definition) is 9. The van der Waals surface area contributed by atoms with Gasteiger partial charge in [-0.3, -0.25) is 4.79 Å². The number of carbonyl (C=O) groups is 3. The largest absolute Gasteiger partial charge is 0.462 e. The molecular formula is C49H80O9Si2. The van der Waals surface area contributed by atoms with Gasteiger partial charge >= 0.3 is 5.97 Å². The molecule has 0 unspecified atom stereocenters. The number of unbranched alkanes of at least 4 members (excludes halogenated alkanes) is 1. The van der Waals surface area contributed by atoms with Gasteiger partial charge in [0.2, 0.25) is 0 Å².